The van der Waals surface area contributed by atoms with Crippen molar-refractivity contribution in [1.29, 1.82) is 5.26 Å². The van der Waals surface area contributed by atoms with E-state index in [4.69, 9.17) is 0 Å². The van der Waals surface area contributed by atoms with E-state index >= 15 is 0 Å². The SMILES string of the molecule is COC(=O)CN(C)c1cc(C#N)c2ccccc2n1. The lowest BCUT2D eigenvalue weighted by molar-refractivity contribution is -0.138. The molecule has 1 aromatic heterocycles. The monoisotopic (exact) mass is 255 g/mol. The van der Waals surface area contributed by atoms with Gasteiger partial charge in [-0.2, -0.15) is 5.26 Å². The lowest BCUT2D eigenvalue weighted by Gasteiger charge is -2.17. The average molecular weight is 255 g/mol. The van der Waals surface area contributed by atoms with Gasteiger partial charge in [0.05, 0.1) is 24.3 Å². The Morgan fingerprint density at radius 2 is 2.21 bits per heavy atom. The summed E-state index contributed by atoms with van der Waals surface area (Å²) in [6.07, 6.45) is 0. The average Bonchev–Trinajstić information content (AvgIpc) is 2.45. The summed E-state index contributed by atoms with van der Waals surface area (Å²) in [5.41, 5.74) is 1.27. The lowest BCUT2D eigenvalue weighted by atomic mass is 10.1. The number of methoxy groups -OCH3 is 1. The van der Waals surface area contributed by atoms with Gasteiger partial charge < -0.3 is 9.64 Å². The molecule has 0 atom stereocenters. The molecule has 2 rings (SSSR count). The van der Waals surface area contributed by atoms with Gasteiger partial charge in [0.2, 0.25) is 0 Å². The van der Waals surface area contributed by atoms with Crippen molar-refractivity contribution in [3.8, 4) is 6.07 Å². The number of carbonyl (C=O) groups is 1. The number of hydrogen-bond donors (Lipinski definition) is 0. The molecule has 0 bridgehead atoms. The van der Waals surface area contributed by atoms with Crippen LogP contribution in [0.4, 0.5) is 5.82 Å². The maximum Gasteiger partial charge on any atom is 0.325 e. The molecule has 0 aliphatic rings. The summed E-state index contributed by atoms with van der Waals surface area (Å²) < 4.78 is 4.61. The van der Waals surface area contributed by atoms with Gasteiger partial charge in [0, 0.05) is 12.4 Å². The van der Waals surface area contributed by atoms with E-state index in [1.807, 2.05) is 24.3 Å². The Labute approximate surface area is 111 Å². The van der Waals surface area contributed by atoms with Crippen molar-refractivity contribution in [2.24, 2.45) is 0 Å². The molecule has 96 valence electrons. The Balaban J connectivity index is 2.45. The number of esters is 1. The zero-order chi connectivity index (χ0) is 13.8. The van der Waals surface area contributed by atoms with Gasteiger partial charge in [0.25, 0.3) is 0 Å². The number of nitriles is 1. The van der Waals surface area contributed by atoms with Crippen LogP contribution >= 0.6 is 0 Å². The first-order chi connectivity index (χ1) is 9.15. The molecule has 1 aromatic carbocycles. The molecule has 5 nitrogen and oxygen atoms in total. The van der Waals surface area contributed by atoms with E-state index in [0.29, 0.717) is 11.4 Å². The molecular formula is C14H13N3O2. The van der Waals surface area contributed by atoms with Crippen molar-refractivity contribution < 1.29 is 9.53 Å². The third-order valence-corrected chi connectivity index (χ3v) is 2.81. The van der Waals surface area contributed by atoms with Crippen molar-refractivity contribution in [1.82, 2.24) is 4.98 Å². The smallest absolute Gasteiger partial charge is 0.325 e. The summed E-state index contributed by atoms with van der Waals surface area (Å²) in [5, 5.41) is 9.99. The standard InChI is InChI=1S/C14H13N3O2/c1-17(9-14(18)19-2)13-7-10(8-15)11-5-3-4-6-12(11)16-13/h3-7H,9H2,1-2H3. The second-order valence-electron chi connectivity index (χ2n) is 4.09. The van der Waals surface area contributed by atoms with Crippen LogP contribution in [0.5, 0.6) is 0 Å². The van der Waals surface area contributed by atoms with Crippen LogP contribution in [0.1, 0.15) is 5.56 Å². The number of rotatable bonds is 3. The van der Waals surface area contributed by atoms with Crippen molar-refractivity contribution in [3.05, 3.63) is 35.9 Å². The summed E-state index contributed by atoms with van der Waals surface area (Å²) in [5.74, 6) is 0.219. The predicted octanol–water partition coefficient (Wildman–Crippen LogP) is 1.72. The summed E-state index contributed by atoms with van der Waals surface area (Å²) in [7, 11) is 3.07. The Morgan fingerprint density at radius 3 is 2.89 bits per heavy atom. The quantitative estimate of drug-likeness (QED) is 0.781. The number of nitrogens with zero attached hydrogens (tertiary/aromatic N) is 3. The van der Waals surface area contributed by atoms with Crippen LogP contribution in [0, 0.1) is 11.3 Å². The second-order valence-corrected chi connectivity index (χ2v) is 4.09. The Morgan fingerprint density at radius 1 is 1.47 bits per heavy atom. The molecule has 0 N–H and O–H groups in total. The molecule has 19 heavy (non-hydrogen) atoms. The fourth-order valence-corrected chi connectivity index (χ4v) is 1.79. The first-order valence-electron chi connectivity index (χ1n) is 5.73. The predicted molar refractivity (Wildman–Crippen MR) is 71.7 cm³/mol. The van der Waals surface area contributed by atoms with Crippen LogP contribution in [-0.2, 0) is 9.53 Å². The van der Waals surface area contributed by atoms with E-state index in [1.54, 1.807) is 18.0 Å². The number of anilines is 1. The fraction of sp³-hybridized carbons (Fsp3) is 0.214. The molecule has 0 unspecified atom stereocenters. The van der Waals surface area contributed by atoms with Gasteiger partial charge in [-0.3, -0.25) is 4.79 Å². The highest BCUT2D eigenvalue weighted by Crippen LogP contribution is 2.21. The Bertz CT molecular complexity index is 661. The van der Waals surface area contributed by atoms with Crippen LogP contribution in [-0.4, -0.2) is 31.7 Å². The number of para-hydroxylation sites is 1. The number of aromatic nitrogens is 1. The number of pyridine rings is 1. The van der Waals surface area contributed by atoms with Gasteiger partial charge in [0.15, 0.2) is 0 Å². The van der Waals surface area contributed by atoms with Crippen molar-refractivity contribution >= 4 is 22.7 Å². The molecule has 0 fully saturated rings. The highest BCUT2D eigenvalue weighted by Gasteiger charge is 2.11. The third-order valence-electron chi connectivity index (χ3n) is 2.81. The third kappa shape index (κ3) is 2.63. The fourth-order valence-electron chi connectivity index (χ4n) is 1.79. The van der Waals surface area contributed by atoms with Crippen LogP contribution < -0.4 is 4.90 Å². The first kappa shape index (κ1) is 12.8. The molecule has 0 radical (unpaired) electrons. The number of likely N-dealkylation sites (N-methyl/N-ethyl adjacent to an activating group) is 1. The normalized spacial score (nSPS) is 9.95. The molecule has 2 aromatic rings. The minimum atomic E-state index is -0.351. The van der Waals surface area contributed by atoms with E-state index in [1.165, 1.54) is 7.11 Å². The summed E-state index contributed by atoms with van der Waals surface area (Å²) in [6.45, 7) is 0.0900. The van der Waals surface area contributed by atoms with Gasteiger partial charge in [-0.25, -0.2) is 4.98 Å². The maximum atomic E-state index is 11.3. The van der Waals surface area contributed by atoms with E-state index in [2.05, 4.69) is 15.8 Å². The molecule has 0 aliphatic heterocycles. The van der Waals surface area contributed by atoms with E-state index in [0.717, 1.165) is 10.9 Å². The Kier molecular flexibility index (Phi) is 3.62. The van der Waals surface area contributed by atoms with E-state index in [9.17, 15) is 10.1 Å². The minimum Gasteiger partial charge on any atom is -0.468 e. The maximum absolute atomic E-state index is 11.3. The number of carbonyl (C=O) groups excluding carboxylic acids is 1. The van der Waals surface area contributed by atoms with Gasteiger partial charge in [-0.05, 0) is 12.1 Å². The Hall–Kier alpha value is -2.61. The number of benzene rings is 1. The number of fused-ring (bicyclic) bond motifs is 1. The van der Waals surface area contributed by atoms with Crippen molar-refractivity contribution in [2.45, 2.75) is 0 Å². The van der Waals surface area contributed by atoms with E-state index < -0.39 is 0 Å². The molecule has 0 saturated heterocycles. The summed E-state index contributed by atoms with van der Waals surface area (Å²) in [4.78, 5) is 17.3. The molecule has 1 heterocycles. The van der Waals surface area contributed by atoms with Crippen molar-refractivity contribution in [2.75, 3.05) is 25.6 Å². The highest BCUT2D eigenvalue weighted by atomic mass is 16.5. The largest absolute Gasteiger partial charge is 0.468 e. The molecule has 0 aliphatic carbocycles. The zero-order valence-electron chi connectivity index (χ0n) is 10.8. The van der Waals surface area contributed by atoms with Gasteiger partial charge in [-0.15, -0.1) is 0 Å². The number of ether oxygens (including phenoxy) is 1. The van der Waals surface area contributed by atoms with Crippen LogP contribution in [0.2, 0.25) is 0 Å². The summed E-state index contributed by atoms with van der Waals surface area (Å²) >= 11 is 0. The van der Waals surface area contributed by atoms with Gasteiger partial charge in [0.1, 0.15) is 12.4 Å². The molecule has 5 heteroatoms. The molecule has 0 saturated carbocycles. The molecule has 0 amide bonds. The zero-order valence-corrected chi connectivity index (χ0v) is 10.8. The number of hydrogen-bond acceptors (Lipinski definition) is 5. The minimum absolute atomic E-state index is 0.0900. The second kappa shape index (κ2) is 5.36. The topological polar surface area (TPSA) is 66.2 Å². The highest BCUT2D eigenvalue weighted by molar-refractivity contribution is 5.87. The van der Waals surface area contributed by atoms with Crippen LogP contribution in [0.15, 0.2) is 30.3 Å². The van der Waals surface area contributed by atoms with Crippen LogP contribution in [0.3, 0.4) is 0 Å². The molecular weight excluding hydrogens is 242 g/mol. The van der Waals surface area contributed by atoms with Crippen LogP contribution in [0.25, 0.3) is 10.9 Å². The van der Waals surface area contributed by atoms with Gasteiger partial charge >= 0.3 is 5.97 Å². The van der Waals surface area contributed by atoms with Crippen molar-refractivity contribution in [3.63, 3.8) is 0 Å². The van der Waals surface area contributed by atoms with E-state index in [-0.39, 0.29) is 12.5 Å². The lowest BCUT2D eigenvalue weighted by Crippen LogP contribution is -2.27. The first-order valence-corrected chi connectivity index (χ1v) is 5.73. The molecule has 0 spiro atoms. The van der Waals surface area contributed by atoms with Gasteiger partial charge in [-0.1, -0.05) is 18.2 Å². The summed E-state index contributed by atoms with van der Waals surface area (Å²) in [6, 6.07) is 11.2.